The molecule has 0 spiro atoms. The third-order valence-corrected chi connectivity index (χ3v) is 9.39. The fraction of sp³-hybridized carbons (Fsp3) is 0. The molecule has 0 radical (unpaired) electrons. The molecule has 0 aliphatic heterocycles. The second kappa shape index (κ2) is 9.62. The van der Waals surface area contributed by atoms with Crippen LogP contribution in [0, 0.1) is 0 Å². The summed E-state index contributed by atoms with van der Waals surface area (Å²) in [5, 5.41) is 6.95. The first-order chi connectivity index (χ1) is 22.8. The monoisotopic (exact) mass is 584 g/mol. The molecule has 1 aliphatic rings. The minimum atomic E-state index is 0.714. The van der Waals surface area contributed by atoms with Gasteiger partial charge in [-0.25, -0.2) is 15.0 Å². The van der Waals surface area contributed by atoms with E-state index in [0.29, 0.717) is 5.82 Å². The summed E-state index contributed by atoms with van der Waals surface area (Å²) in [6.45, 7) is 0. The van der Waals surface area contributed by atoms with Crippen molar-refractivity contribution in [2.24, 2.45) is 0 Å². The molecule has 212 valence electrons. The van der Waals surface area contributed by atoms with Crippen molar-refractivity contribution < 1.29 is 0 Å². The topological polar surface area (TPSA) is 51.6 Å². The molecule has 0 bridgehead atoms. The summed E-state index contributed by atoms with van der Waals surface area (Å²) in [5.74, 6) is 0.714. The van der Waals surface area contributed by atoms with Crippen molar-refractivity contribution in [1.82, 2.24) is 19.9 Å². The average molecular weight is 585 g/mol. The van der Waals surface area contributed by atoms with E-state index in [9.17, 15) is 0 Å². The number of hydrogen-bond donors (Lipinski definition) is 0. The third-order valence-electron chi connectivity index (χ3n) is 9.39. The molecule has 9 aromatic rings. The summed E-state index contributed by atoms with van der Waals surface area (Å²) in [7, 11) is 0. The molecule has 1 aliphatic carbocycles. The molecule has 3 aromatic heterocycles. The predicted molar refractivity (Wildman–Crippen MR) is 188 cm³/mol. The normalized spacial score (nSPS) is 11.9. The smallest absolute Gasteiger partial charge is 0.159 e. The van der Waals surface area contributed by atoms with Crippen LogP contribution in [0.5, 0.6) is 0 Å². The number of benzene rings is 6. The quantitative estimate of drug-likeness (QED) is 0.194. The molecule has 0 unspecified atom stereocenters. The number of nitrogens with zero attached hydrogens (tertiary/aromatic N) is 4. The number of fused-ring (bicyclic) bond motifs is 7. The maximum Gasteiger partial charge on any atom is 0.159 e. The van der Waals surface area contributed by atoms with E-state index < -0.39 is 0 Å². The first-order valence-corrected chi connectivity index (χ1v) is 15.5. The lowest BCUT2D eigenvalue weighted by Gasteiger charge is -2.15. The number of hydrogen-bond acceptors (Lipinski definition) is 4. The van der Waals surface area contributed by atoms with E-state index in [0.717, 1.165) is 49.4 Å². The molecule has 0 atom stereocenters. The van der Waals surface area contributed by atoms with Crippen molar-refractivity contribution in [3.63, 3.8) is 0 Å². The first-order valence-electron chi connectivity index (χ1n) is 15.5. The minimum Gasteiger partial charge on any atom is -0.254 e. The Labute approximate surface area is 264 Å². The summed E-state index contributed by atoms with van der Waals surface area (Å²) >= 11 is 0. The zero-order chi connectivity index (χ0) is 30.2. The van der Waals surface area contributed by atoms with Crippen LogP contribution in [0.3, 0.4) is 0 Å². The van der Waals surface area contributed by atoms with Gasteiger partial charge in [0.1, 0.15) is 0 Å². The number of pyridine rings is 2. The lowest BCUT2D eigenvalue weighted by molar-refractivity contribution is 1.18. The SMILES string of the molecule is c1cnc(-c2cccc3c(-c4ccc5cc(-c6ccc7c8c(cccc68)-c6ccccc6-7)c6cccnc6c5n4)cccc23)nc1. The highest BCUT2D eigenvalue weighted by molar-refractivity contribution is 6.21. The summed E-state index contributed by atoms with van der Waals surface area (Å²) in [5.41, 5.74) is 12.4. The highest BCUT2D eigenvalue weighted by Gasteiger charge is 2.23. The maximum atomic E-state index is 5.29. The van der Waals surface area contributed by atoms with Crippen molar-refractivity contribution >= 4 is 43.4 Å². The van der Waals surface area contributed by atoms with Gasteiger partial charge in [0.2, 0.25) is 0 Å². The molecule has 0 saturated carbocycles. The Balaban J connectivity index is 1.18. The molecular weight excluding hydrogens is 560 g/mol. The van der Waals surface area contributed by atoms with E-state index in [1.54, 1.807) is 12.4 Å². The van der Waals surface area contributed by atoms with Gasteiger partial charge in [-0.1, -0.05) is 103 Å². The van der Waals surface area contributed by atoms with Crippen LogP contribution >= 0.6 is 0 Å². The Kier molecular flexibility index (Phi) is 5.25. The highest BCUT2D eigenvalue weighted by Crippen LogP contribution is 2.50. The minimum absolute atomic E-state index is 0.714. The van der Waals surface area contributed by atoms with Crippen LogP contribution in [0.25, 0.3) is 99.4 Å². The van der Waals surface area contributed by atoms with Crippen LogP contribution in [0.2, 0.25) is 0 Å². The van der Waals surface area contributed by atoms with E-state index in [-0.39, 0.29) is 0 Å². The van der Waals surface area contributed by atoms with Gasteiger partial charge in [0.25, 0.3) is 0 Å². The van der Waals surface area contributed by atoms with Gasteiger partial charge in [0.05, 0.1) is 16.7 Å². The van der Waals surface area contributed by atoms with Crippen molar-refractivity contribution in [3.8, 4) is 56.0 Å². The third kappa shape index (κ3) is 3.55. The molecule has 0 amide bonds. The summed E-state index contributed by atoms with van der Waals surface area (Å²) in [4.78, 5) is 19.3. The molecule has 4 nitrogen and oxygen atoms in total. The second-order valence-corrected chi connectivity index (χ2v) is 11.8. The molecule has 4 heteroatoms. The van der Waals surface area contributed by atoms with Crippen LogP contribution in [-0.2, 0) is 0 Å². The predicted octanol–water partition coefficient (Wildman–Crippen LogP) is 10.5. The van der Waals surface area contributed by atoms with Crippen LogP contribution in [0.1, 0.15) is 0 Å². The van der Waals surface area contributed by atoms with Crippen molar-refractivity contribution in [1.29, 1.82) is 0 Å². The van der Waals surface area contributed by atoms with Crippen LogP contribution in [0.4, 0.5) is 0 Å². The van der Waals surface area contributed by atoms with Gasteiger partial charge in [-0.3, -0.25) is 4.98 Å². The van der Waals surface area contributed by atoms with Crippen molar-refractivity contribution in [2.75, 3.05) is 0 Å². The van der Waals surface area contributed by atoms with E-state index >= 15 is 0 Å². The van der Waals surface area contributed by atoms with Gasteiger partial charge >= 0.3 is 0 Å². The largest absolute Gasteiger partial charge is 0.254 e. The van der Waals surface area contributed by atoms with Crippen molar-refractivity contribution in [2.45, 2.75) is 0 Å². The molecule has 10 rings (SSSR count). The first kappa shape index (κ1) is 25.1. The fourth-order valence-corrected chi connectivity index (χ4v) is 7.40. The Hall–Kier alpha value is -6.26. The van der Waals surface area contributed by atoms with E-state index in [4.69, 9.17) is 9.97 Å². The lowest BCUT2D eigenvalue weighted by Crippen LogP contribution is -1.93. The summed E-state index contributed by atoms with van der Waals surface area (Å²) in [6, 6.07) is 45.3. The van der Waals surface area contributed by atoms with E-state index in [1.807, 2.05) is 18.3 Å². The maximum absolute atomic E-state index is 5.29. The Morgan fingerprint density at radius 3 is 1.80 bits per heavy atom. The van der Waals surface area contributed by atoms with Gasteiger partial charge in [0.15, 0.2) is 5.82 Å². The van der Waals surface area contributed by atoms with Gasteiger partial charge in [0, 0.05) is 40.5 Å². The molecule has 46 heavy (non-hydrogen) atoms. The van der Waals surface area contributed by atoms with Gasteiger partial charge in [-0.15, -0.1) is 0 Å². The molecule has 0 N–H and O–H groups in total. The highest BCUT2D eigenvalue weighted by atomic mass is 14.9. The molecule has 6 aromatic carbocycles. The summed E-state index contributed by atoms with van der Waals surface area (Å²) in [6.07, 6.45) is 5.43. The number of aromatic nitrogens is 4. The van der Waals surface area contributed by atoms with Crippen LogP contribution in [0.15, 0.2) is 146 Å². The molecular formula is C42H24N4. The Bertz CT molecular complexity index is 2670. The fourth-order valence-electron chi connectivity index (χ4n) is 7.40. The molecule has 3 heterocycles. The second-order valence-electron chi connectivity index (χ2n) is 11.8. The van der Waals surface area contributed by atoms with Crippen LogP contribution in [-0.4, -0.2) is 19.9 Å². The van der Waals surface area contributed by atoms with E-state index in [2.05, 4.69) is 125 Å². The van der Waals surface area contributed by atoms with E-state index in [1.165, 1.54) is 44.2 Å². The molecule has 0 saturated heterocycles. The van der Waals surface area contributed by atoms with Gasteiger partial charge < -0.3 is 0 Å². The Morgan fingerprint density at radius 2 is 0.978 bits per heavy atom. The number of rotatable bonds is 3. The average Bonchev–Trinajstić information content (AvgIpc) is 3.46. The molecule has 0 fully saturated rings. The lowest BCUT2D eigenvalue weighted by atomic mass is 9.91. The van der Waals surface area contributed by atoms with Gasteiger partial charge in [-0.2, -0.15) is 0 Å². The zero-order valence-corrected chi connectivity index (χ0v) is 24.6. The van der Waals surface area contributed by atoms with Crippen molar-refractivity contribution in [3.05, 3.63) is 146 Å². The Morgan fingerprint density at radius 1 is 0.348 bits per heavy atom. The van der Waals surface area contributed by atoms with Gasteiger partial charge in [-0.05, 0) is 79.2 Å². The zero-order valence-electron chi connectivity index (χ0n) is 24.6. The standard InChI is InChI=1S/C42H24N4/c1-2-9-28-27(8-1)32-13-5-14-33-30(18-19-34(28)39(32)33)37-24-25-17-20-38(46-40(25)41-35(37)16-6-21-43-41)31-12-3-11-29-26(31)10-4-15-36(29)42-44-22-7-23-45-42/h1-24H. The summed E-state index contributed by atoms with van der Waals surface area (Å²) < 4.78 is 0. The van der Waals surface area contributed by atoms with Crippen LogP contribution < -0.4 is 0 Å².